The van der Waals surface area contributed by atoms with Gasteiger partial charge in [-0.25, -0.2) is 9.36 Å². The van der Waals surface area contributed by atoms with Crippen molar-refractivity contribution in [1.29, 1.82) is 0 Å². The third kappa shape index (κ3) is 2.48. The first-order valence-corrected chi connectivity index (χ1v) is 7.91. The molecule has 5 nitrogen and oxygen atoms in total. The minimum absolute atomic E-state index is 0.0139. The number of halogens is 3. The number of nitrogens with zero attached hydrogens (tertiary/aromatic N) is 2. The highest BCUT2D eigenvalue weighted by molar-refractivity contribution is 7.97. The van der Waals surface area contributed by atoms with Gasteiger partial charge in [0, 0.05) is 23.5 Å². The predicted molar refractivity (Wildman–Crippen MR) is 84.4 cm³/mol. The average molecular weight is 357 g/mol. The summed E-state index contributed by atoms with van der Waals surface area (Å²) in [5.74, 6) is 0. The minimum Gasteiger partial charge on any atom is -0.292 e. The normalized spacial score (nSPS) is 17.2. The van der Waals surface area contributed by atoms with Gasteiger partial charge in [0.1, 0.15) is 5.69 Å². The van der Waals surface area contributed by atoms with Crippen molar-refractivity contribution in [3.63, 3.8) is 0 Å². The Labute approximate surface area is 139 Å². The van der Waals surface area contributed by atoms with Crippen LogP contribution in [-0.2, 0) is 13.2 Å². The topological polar surface area (TPSA) is 56.0 Å². The van der Waals surface area contributed by atoms with Crippen molar-refractivity contribution in [2.45, 2.75) is 31.0 Å². The smallest absolute Gasteiger partial charge is 0.292 e. The van der Waals surface area contributed by atoms with E-state index in [4.69, 9.17) is 0 Å². The lowest BCUT2D eigenvalue weighted by Gasteiger charge is -2.17. The van der Waals surface area contributed by atoms with E-state index in [-0.39, 0.29) is 11.7 Å². The zero-order valence-electron chi connectivity index (χ0n) is 13.1. The molecule has 128 valence electrons. The summed E-state index contributed by atoms with van der Waals surface area (Å²) >= 11 is 1.43. The summed E-state index contributed by atoms with van der Waals surface area (Å²) < 4.78 is 43.7. The Morgan fingerprint density at radius 3 is 2.54 bits per heavy atom. The molecule has 1 aromatic heterocycles. The Bertz CT molecular complexity index is 909. The van der Waals surface area contributed by atoms with Gasteiger partial charge >= 0.3 is 11.9 Å². The molecule has 0 bridgehead atoms. The van der Waals surface area contributed by atoms with Gasteiger partial charge in [0.25, 0.3) is 5.56 Å². The fraction of sp³-hybridized carbons (Fsp3) is 0.333. The molecule has 0 fully saturated rings. The Balaban J connectivity index is 2.30. The molecule has 1 unspecified atom stereocenters. The molecule has 0 saturated heterocycles. The first kappa shape index (κ1) is 16.8. The fourth-order valence-electron chi connectivity index (χ4n) is 2.81. The van der Waals surface area contributed by atoms with Gasteiger partial charge in [-0.05, 0) is 49.6 Å². The first-order chi connectivity index (χ1) is 11.1. The van der Waals surface area contributed by atoms with Crippen LogP contribution in [0.1, 0.15) is 29.8 Å². The molecule has 1 aliphatic rings. The predicted octanol–water partition coefficient (Wildman–Crippen LogP) is 2.53. The highest BCUT2D eigenvalue weighted by Gasteiger charge is 2.37. The molecule has 2 aromatic rings. The molecule has 24 heavy (non-hydrogen) atoms. The van der Waals surface area contributed by atoms with E-state index in [9.17, 15) is 22.8 Å². The van der Waals surface area contributed by atoms with E-state index in [0.717, 1.165) is 29.0 Å². The summed E-state index contributed by atoms with van der Waals surface area (Å²) in [4.78, 5) is 25.8. The summed E-state index contributed by atoms with van der Waals surface area (Å²) in [7, 11) is 1.02. The number of hydrogen-bond acceptors (Lipinski definition) is 4. The molecule has 0 radical (unpaired) electrons. The lowest BCUT2D eigenvalue weighted by atomic mass is 10.1. The van der Waals surface area contributed by atoms with Gasteiger partial charge in [-0.1, -0.05) is 0 Å². The standard InChI is InChI=1S/C15H14F3N3O2S/c1-7-12(15(16,17)18)20(3)14(23)21(13(7)22)9-4-5-11-10(6-9)8(2)19-24-11/h4-6,8,19H,1-3H3. The molecule has 9 heteroatoms. The van der Waals surface area contributed by atoms with Gasteiger partial charge in [-0.3, -0.25) is 14.1 Å². The Kier molecular flexibility index (Phi) is 3.88. The van der Waals surface area contributed by atoms with Crippen LogP contribution in [0.5, 0.6) is 0 Å². The van der Waals surface area contributed by atoms with Crippen molar-refractivity contribution in [1.82, 2.24) is 13.9 Å². The van der Waals surface area contributed by atoms with Crippen molar-refractivity contribution in [3.05, 3.63) is 55.9 Å². The van der Waals surface area contributed by atoms with Crippen LogP contribution in [0.15, 0.2) is 32.7 Å². The van der Waals surface area contributed by atoms with E-state index in [1.807, 2.05) is 6.92 Å². The van der Waals surface area contributed by atoms with Crippen LogP contribution < -0.4 is 16.0 Å². The van der Waals surface area contributed by atoms with Crippen molar-refractivity contribution in [3.8, 4) is 5.69 Å². The molecule has 0 spiro atoms. The number of rotatable bonds is 1. The molecule has 1 N–H and O–H groups in total. The summed E-state index contributed by atoms with van der Waals surface area (Å²) in [5, 5.41) is 0. The van der Waals surface area contributed by atoms with Crippen molar-refractivity contribution in [2.24, 2.45) is 7.05 Å². The molecule has 0 saturated carbocycles. The monoisotopic (exact) mass is 357 g/mol. The van der Waals surface area contributed by atoms with E-state index < -0.39 is 28.7 Å². The van der Waals surface area contributed by atoms with Crippen LogP contribution >= 0.6 is 11.9 Å². The van der Waals surface area contributed by atoms with Gasteiger partial charge in [0.05, 0.1) is 5.69 Å². The minimum atomic E-state index is -4.77. The quantitative estimate of drug-likeness (QED) is 0.797. The van der Waals surface area contributed by atoms with E-state index in [2.05, 4.69) is 4.72 Å². The van der Waals surface area contributed by atoms with Crippen molar-refractivity contribution < 1.29 is 13.2 Å². The summed E-state index contributed by atoms with van der Waals surface area (Å²) in [5.41, 5.74) is -2.57. The molecule has 0 aliphatic carbocycles. The summed E-state index contributed by atoms with van der Waals surface area (Å²) in [6, 6.07) is 4.97. The van der Waals surface area contributed by atoms with Crippen molar-refractivity contribution >= 4 is 11.9 Å². The van der Waals surface area contributed by atoms with Gasteiger partial charge < -0.3 is 0 Å². The molecule has 2 heterocycles. The second-order valence-electron chi connectivity index (χ2n) is 5.62. The summed E-state index contributed by atoms with van der Waals surface area (Å²) in [6.07, 6.45) is -4.77. The number of hydrogen-bond donors (Lipinski definition) is 1. The number of aromatic nitrogens is 2. The van der Waals surface area contributed by atoms with Crippen molar-refractivity contribution in [2.75, 3.05) is 0 Å². The summed E-state index contributed by atoms with van der Waals surface area (Å²) in [6.45, 7) is 3.00. The van der Waals surface area contributed by atoms with Crippen LogP contribution in [-0.4, -0.2) is 9.13 Å². The van der Waals surface area contributed by atoms with E-state index >= 15 is 0 Å². The van der Waals surface area contributed by atoms with Gasteiger partial charge in [-0.2, -0.15) is 13.2 Å². The average Bonchev–Trinajstić information content (AvgIpc) is 2.86. The SMILES string of the molecule is Cc1c(C(F)(F)F)n(C)c(=O)n(-c2ccc3c(c2)C(C)NS3)c1=O. The molecular weight excluding hydrogens is 343 g/mol. The van der Waals surface area contributed by atoms with Gasteiger partial charge in [0.15, 0.2) is 0 Å². The molecule has 1 aromatic carbocycles. The molecule has 3 rings (SSSR count). The van der Waals surface area contributed by atoms with Crippen LogP contribution in [0, 0.1) is 6.92 Å². The van der Waals surface area contributed by atoms with Crippen LogP contribution in [0.3, 0.4) is 0 Å². The number of benzene rings is 1. The third-order valence-corrected chi connectivity index (χ3v) is 5.09. The Morgan fingerprint density at radius 2 is 1.92 bits per heavy atom. The van der Waals surface area contributed by atoms with Crippen LogP contribution in [0.2, 0.25) is 0 Å². The number of alkyl halides is 3. The maximum Gasteiger partial charge on any atom is 0.432 e. The largest absolute Gasteiger partial charge is 0.432 e. The highest BCUT2D eigenvalue weighted by atomic mass is 32.2. The van der Waals surface area contributed by atoms with Gasteiger partial charge in [-0.15, -0.1) is 0 Å². The number of nitrogens with one attached hydrogen (secondary N) is 1. The lowest BCUT2D eigenvalue weighted by molar-refractivity contribution is -0.144. The van der Waals surface area contributed by atoms with E-state index in [0.29, 0.717) is 4.57 Å². The third-order valence-electron chi connectivity index (χ3n) is 4.02. The van der Waals surface area contributed by atoms with E-state index in [1.54, 1.807) is 18.2 Å². The zero-order valence-corrected chi connectivity index (χ0v) is 13.9. The maximum atomic E-state index is 13.1. The van der Waals surface area contributed by atoms with Crippen LogP contribution in [0.4, 0.5) is 13.2 Å². The fourth-order valence-corrected chi connectivity index (χ4v) is 3.73. The van der Waals surface area contributed by atoms with Gasteiger partial charge in [0.2, 0.25) is 0 Å². The molecule has 1 aliphatic heterocycles. The number of fused-ring (bicyclic) bond motifs is 1. The molecular formula is C15H14F3N3O2S. The zero-order chi connectivity index (χ0) is 17.8. The lowest BCUT2D eigenvalue weighted by Crippen LogP contribution is -2.42. The Hall–Kier alpha value is -2.00. The van der Waals surface area contributed by atoms with Crippen LogP contribution in [0.25, 0.3) is 5.69 Å². The Morgan fingerprint density at radius 1 is 1.25 bits per heavy atom. The second-order valence-corrected chi connectivity index (χ2v) is 6.50. The second kappa shape index (κ2) is 5.52. The maximum absolute atomic E-state index is 13.1. The highest BCUT2D eigenvalue weighted by Crippen LogP contribution is 2.35. The molecule has 0 amide bonds. The van der Waals surface area contributed by atoms with E-state index in [1.165, 1.54) is 11.9 Å². The molecule has 1 atom stereocenters. The first-order valence-electron chi connectivity index (χ1n) is 7.09.